The maximum Gasteiger partial charge on any atom is 0.0701 e. The van der Waals surface area contributed by atoms with E-state index in [0.29, 0.717) is 0 Å². The Morgan fingerprint density at radius 1 is 0.629 bits per heavy atom. The van der Waals surface area contributed by atoms with Crippen LogP contribution in [0.4, 0.5) is 11.4 Å². The number of rotatable bonds is 13. The maximum atomic E-state index is 7.70. The van der Waals surface area contributed by atoms with E-state index in [-0.39, 0.29) is 0 Å². The molecule has 62 heavy (non-hydrogen) atoms. The zero-order valence-electron chi connectivity index (χ0n) is 34.5. The van der Waals surface area contributed by atoms with Crippen molar-refractivity contribution < 1.29 is 0 Å². The summed E-state index contributed by atoms with van der Waals surface area (Å²) >= 11 is 0. The zero-order valence-corrected chi connectivity index (χ0v) is 34.5. The first-order chi connectivity index (χ1) is 30.6. The Morgan fingerprint density at radius 2 is 1.29 bits per heavy atom. The molecule has 0 aliphatic heterocycles. The minimum Gasteiger partial charge on any atom is -0.317 e. The summed E-state index contributed by atoms with van der Waals surface area (Å²) in [6, 6.07) is 56.4. The molecule has 1 aliphatic carbocycles. The van der Waals surface area contributed by atoms with Gasteiger partial charge in [0.15, 0.2) is 0 Å². The summed E-state index contributed by atoms with van der Waals surface area (Å²) in [5, 5.41) is 10.2. The highest BCUT2D eigenvalue weighted by atomic mass is 15.1. The lowest BCUT2D eigenvalue weighted by Crippen LogP contribution is -2.08. The van der Waals surface area contributed by atoms with Gasteiger partial charge in [-0.25, -0.2) is 0 Å². The summed E-state index contributed by atoms with van der Waals surface area (Å²) < 4.78 is 2.51. The van der Waals surface area contributed by atoms with Crippen molar-refractivity contribution in [1.29, 1.82) is 5.41 Å². The van der Waals surface area contributed by atoms with Crippen molar-refractivity contribution in [2.24, 2.45) is 0 Å². The molecule has 1 aliphatic rings. The standard InChI is InChI=1S/C58H46N4/c1-3-16-43(42(4-2)34-36-59)35-38-61(51-31-26-47(27-32-51)56-23-14-15-37-60-56)50-29-24-45(25-30-50)48-28-33-57-54(39-48)55-41-49(44-17-8-5-9-18-44)40-53(46-19-10-6-11-20-46)58(55)62(57)52-21-12-7-13-22-52/h3-12,14-21,23-41,59H,1-2,13,22H2/b38-35-,42-34+,43-16+,59-36?. The van der Waals surface area contributed by atoms with Crippen LogP contribution in [0.1, 0.15) is 12.8 Å². The quantitative estimate of drug-likeness (QED) is 0.0933. The SMILES string of the molecule is C=C/C=C(\C=C/N(c1ccc(-c2ccc3c(c2)c2cc(-c4ccccc4)cc(-c4ccccc4)c2n3C2=CC=CCC2)cc1)c1ccc(-c2ccccn2)cc1)C(/C=C)=C/C=N. The molecule has 9 rings (SSSR count). The van der Waals surface area contributed by atoms with E-state index < -0.39 is 0 Å². The van der Waals surface area contributed by atoms with Gasteiger partial charge < -0.3 is 14.9 Å². The van der Waals surface area contributed by atoms with Crippen LogP contribution in [0.15, 0.2) is 243 Å². The fourth-order valence-corrected chi connectivity index (χ4v) is 8.40. The van der Waals surface area contributed by atoms with Gasteiger partial charge in [-0.3, -0.25) is 4.98 Å². The van der Waals surface area contributed by atoms with Crippen molar-refractivity contribution in [3.63, 3.8) is 0 Å². The number of hydrogen-bond donors (Lipinski definition) is 1. The lowest BCUT2D eigenvalue weighted by atomic mass is 9.95. The van der Waals surface area contributed by atoms with Crippen LogP contribution in [-0.2, 0) is 0 Å². The van der Waals surface area contributed by atoms with Gasteiger partial charge in [0, 0.05) is 57.6 Å². The Balaban J connectivity index is 1.17. The number of benzene rings is 6. The number of aromatic nitrogens is 2. The van der Waals surface area contributed by atoms with E-state index in [0.717, 1.165) is 57.7 Å². The zero-order chi connectivity index (χ0) is 42.3. The van der Waals surface area contributed by atoms with Gasteiger partial charge in [0.2, 0.25) is 0 Å². The summed E-state index contributed by atoms with van der Waals surface area (Å²) in [7, 11) is 0. The van der Waals surface area contributed by atoms with Gasteiger partial charge in [-0.2, -0.15) is 0 Å². The van der Waals surface area contributed by atoms with Gasteiger partial charge in [0.05, 0.1) is 16.7 Å². The molecule has 0 spiro atoms. The summed E-state index contributed by atoms with van der Waals surface area (Å²) in [6.07, 6.45) is 23.1. The number of nitrogens with zero attached hydrogens (tertiary/aromatic N) is 3. The fraction of sp³-hybridized carbons (Fsp3) is 0.0345. The molecule has 4 heteroatoms. The van der Waals surface area contributed by atoms with Crippen LogP contribution in [0, 0.1) is 5.41 Å². The van der Waals surface area contributed by atoms with Crippen molar-refractivity contribution in [1.82, 2.24) is 9.55 Å². The van der Waals surface area contributed by atoms with Crippen LogP contribution in [-0.4, -0.2) is 15.8 Å². The third kappa shape index (κ3) is 7.98. The van der Waals surface area contributed by atoms with E-state index in [1.807, 2.05) is 36.5 Å². The maximum absolute atomic E-state index is 7.70. The molecule has 0 amide bonds. The summed E-state index contributed by atoms with van der Waals surface area (Å²) in [5.41, 5.74) is 16.5. The molecule has 0 bridgehead atoms. The summed E-state index contributed by atoms with van der Waals surface area (Å²) in [4.78, 5) is 6.73. The fourth-order valence-electron chi connectivity index (χ4n) is 8.40. The van der Waals surface area contributed by atoms with Crippen LogP contribution in [0.2, 0.25) is 0 Å². The third-order valence-electron chi connectivity index (χ3n) is 11.4. The first-order valence-electron chi connectivity index (χ1n) is 21.0. The van der Waals surface area contributed by atoms with Gasteiger partial charge in [-0.1, -0.05) is 141 Å². The van der Waals surface area contributed by atoms with Crippen molar-refractivity contribution >= 4 is 45.1 Å². The lowest BCUT2D eigenvalue weighted by molar-refractivity contribution is 0.979. The van der Waals surface area contributed by atoms with E-state index in [1.165, 1.54) is 56.0 Å². The molecule has 2 aromatic heterocycles. The number of pyridine rings is 1. The third-order valence-corrected chi connectivity index (χ3v) is 11.4. The van der Waals surface area contributed by atoms with Gasteiger partial charge in [0.25, 0.3) is 0 Å². The van der Waals surface area contributed by atoms with E-state index >= 15 is 0 Å². The average molecular weight is 799 g/mol. The second-order valence-electron chi connectivity index (χ2n) is 15.2. The lowest BCUT2D eigenvalue weighted by Gasteiger charge is -2.22. The first kappa shape index (κ1) is 39.4. The normalized spacial score (nSPS) is 13.1. The van der Waals surface area contributed by atoms with Crippen molar-refractivity contribution in [2.75, 3.05) is 4.90 Å². The van der Waals surface area contributed by atoms with E-state index in [9.17, 15) is 0 Å². The molecule has 0 saturated carbocycles. The molecular formula is C58H46N4. The van der Waals surface area contributed by atoms with Crippen molar-refractivity contribution in [2.45, 2.75) is 12.8 Å². The Hall–Kier alpha value is -8.08. The molecule has 298 valence electrons. The first-order valence-corrected chi connectivity index (χ1v) is 21.0. The topological polar surface area (TPSA) is 44.9 Å². The van der Waals surface area contributed by atoms with Crippen LogP contribution in [0.5, 0.6) is 0 Å². The molecule has 0 atom stereocenters. The number of fused-ring (bicyclic) bond motifs is 3. The van der Waals surface area contributed by atoms with E-state index in [1.54, 1.807) is 18.2 Å². The van der Waals surface area contributed by atoms with Gasteiger partial charge in [-0.15, -0.1) is 0 Å². The molecule has 0 saturated heterocycles. The van der Waals surface area contributed by atoms with E-state index in [4.69, 9.17) is 5.41 Å². The Kier molecular flexibility index (Phi) is 11.5. The molecule has 1 N–H and O–H groups in total. The van der Waals surface area contributed by atoms with E-state index in [2.05, 4.69) is 192 Å². The number of hydrogen-bond acceptors (Lipinski definition) is 3. The summed E-state index contributed by atoms with van der Waals surface area (Å²) in [5.74, 6) is 0. The highest BCUT2D eigenvalue weighted by molar-refractivity contribution is 6.16. The van der Waals surface area contributed by atoms with Gasteiger partial charge in [-0.05, 0) is 131 Å². The molecular weight excluding hydrogens is 753 g/mol. The van der Waals surface area contributed by atoms with Crippen molar-refractivity contribution in [3.8, 4) is 44.6 Å². The second-order valence-corrected chi connectivity index (χ2v) is 15.2. The molecule has 0 fully saturated rings. The van der Waals surface area contributed by atoms with Gasteiger partial charge >= 0.3 is 0 Å². The molecule has 6 aromatic carbocycles. The highest BCUT2D eigenvalue weighted by Crippen LogP contribution is 2.43. The predicted octanol–water partition coefficient (Wildman–Crippen LogP) is 15.6. The van der Waals surface area contributed by atoms with Crippen molar-refractivity contribution in [3.05, 3.63) is 243 Å². The van der Waals surface area contributed by atoms with Crippen LogP contribution < -0.4 is 4.90 Å². The predicted molar refractivity (Wildman–Crippen MR) is 265 cm³/mol. The molecule has 0 unspecified atom stereocenters. The monoisotopic (exact) mass is 798 g/mol. The minimum atomic E-state index is 0.830. The molecule has 0 radical (unpaired) electrons. The summed E-state index contributed by atoms with van der Waals surface area (Å²) in [6.45, 7) is 7.93. The molecule has 2 heterocycles. The number of nitrogens with one attached hydrogen (secondary N) is 1. The smallest absolute Gasteiger partial charge is 0.0701 e. The molecule has 8 aromatic rings. The number of anilines is 2. The van der Waals surface area contributed by atoms with Crippen LogP contribution in [0.25, 0.3) is 72.1 Å². The average Bonchev–Trinajstić information content (AvgIpc) is 3.68. The van der Waals surface area contributed by atoms with Crippen LogP contribution >= 0.6 is 0 Å². The van der Waals surface area contributed by atoms with Gasteiger partial charge in [0.1, 0.15) is 0 Å². The Bertz CT molecular complexity index is 3070. The second kappa shape index (κ2) is 18.0. The Labute approximate surface area is 364 Å². The number of allylic oxidation sites excluding steroid dienone is 11. The largest absolute Gasteiger partial charge is 0.317 e. The van der Waals surface area contributed by atoms with Crippen LogP contribution in [0.3, 0.4) is 0 Å². The molecule has 4 nitrogen and oxygen atoms in total. The highest BCUT2D eigenvalue weighted by Gasteiger charge is 2.21. The Morgan fingerprint density at radius 3 is 1.94 bits per heavy atom. The minimum absolute atomic E-state index is 0.830.